The molecule has 1 fully saturated rings. The Morgan fingerprint density at radius 3 is 2.82 bits per heavy atom. The quantitative estimate of drug-likeness (QED) is 0.375. The van der Waals surface area contributed by atoms with Crippen LogP contribution in [-0.4, -0.2) is 21.3 Å². The zero-order valence-corrected chi connectivity index (χ0v) is 10.5. The molecule has 5 heteroatoms. The van der Waals surface area contributed by atoms with E-state index in [1.54, 1.807) is 17.8 Å². The first-order valence-electron chi connectivity index (χ1n) is 5.91. The van der Waals surface area contributed by atoms with Crippen molar-refractivity contribution in [3.05, 3.63) is 23.9 Å². The maximum Gasteiger partial charge on any atom is 0.188 e. The van der Waals surface area contributed by atoms with Crippen LogP contribution in [0.1, 0.15) is 37.8 Å². The van der Waals surface area contributed by atoms with Gasteiger partial charge in [0.25, 0.3) is 0 Å². The van der Waals surface area contributed by atoms with Crippen molar-refractivity contribution >= 4 is 17.6 Å². The fourth-order valence-electron chi connectivity index (χ4n) is 2.03. The lowest BCUT2D eigenvalue weighted by atomic mass is 10.0. The van der Waals surface area contributed by atoms with Gasteiger partial charge in [-0.2, -0.15) is 0 Å². The van der Waals surface area contributed by atoms with Gasteiger partial charge >= 0.3 is 0 Å². The first kappa shape index (κ1) is 12.2. The molecule has 0 unspecified atom stereocenters. The molecular weight excluding hydrogens is 234 g/mol. The average molecular weight is 251 g/mol. The molecule has 0 aromatic carbocycles. The second-order valence-electron chi connectivity index (χ2n) is 4.22. The van der Waals surface area contributed by atoms with Crippen molar-refractivity contribution in [1.82, 2.24) is 4.98 Å². The third-order valence-corrected chi connectivity index (χ3v) is 4.21. The predicted molar refractivity (Wildman–Crippen MR) is 69.5 cm³/mol. The topological polar surface area (TPSA) is 71.5 Å². The molecule has 1 aromatic heterocycles. The monoisotopic (exact) mass is 251 g/mol. The minimum Gasteiger partial charge on any atom is -0.409 e. The zero-order chi connectivity index (χ0) is 12.1. The Morgan fingerprint density at radius 1 is 1.35 bits per heavy atom. The van der Waals surface area contributed by atoms with Crippen LogP contribution >= 0.6 is 11.8 Å². The molecule has 1 saturated carbocycles. The van der Waals surface area contributed by atoms with E-state index in [0.29, 0.717) is 10.9 Å². The number of hydrogen-bond donors (Lipinski definition) is 2. The number of hydrogen-bond acceptors (Lipinski definition) is 4. The lowest BCUT2D eigenvalue weighted by molar-refractivity contribution is 0.318. The summed E-state index contributed by atoms with van der Waals surface area (Å²) in [4.78, 5) is 4.38. The number of rotatable bonds is 3. The number of aromatic nitrogens is 1. The lowest BCUT2D eigenvalue weighted by Gasteiger charge is -2.20. The minimum absolute atomic E-state index is 0.0658. The summed E-state index contributed by atoms with van der Waals surface area (Å²) >= 11 is 1.80. The summed E-state index contributed by atoms with van der Waals surface area (Å²) in [6.07, 6.45) is 6.52. The highest BCUT2D eigenvalue weighted by atomic mass is 32.2. The molecule has 1 aliphatic rings. The standard InChI is InChI=1S/C12H17N3OS/c13-12(15-16)10-7-4-8-11(14-10)17-9-5-2-1-3-6-9/h4,7-9,16H,1-3,5-6H2,(H2,13,15). The lowest BCUT2D eigenvalue weighted by Crippen LogP contribution is -2.15. The number of nitrogens with zero attached hydrogens (tertiary/aromatic N) is 2. The van der Waals surface area contributed by atoms with Gasteiger partial charge in [0.05, 0.1) is 5.03 Å². The van der Waals surface area contributed by atoms with Crippen molar-refractivity contribution in [3.8, 4) is 0 Å². The molecule has 0 aliphatic heterocycles. The van der Waals surface area contributed by atoms with E-state index < -0.39 is 0 Å². The van der Waals surface area contributed by atoms with Crippen LogP contribution in [0.3, 0.4) is 0 Å². The maximum absolute atomic E-state index is 8.62. The highest BCUT2D eigenvalue weighted by Gasteiger charge is 2.15. The van der Waals surface area contributed by atoms with Crippen LogP contribution < -0.4 is 5.73 Å². The fraction of sp³-hybridized carbons (Fsp3) is 0.500. The van der Waals surface area contributed by atoms with Crippen molar-refractivity contribution in [2.75, 3.05) is 0 Å². The minimum atomic E-state index is 0.0658. The highest BCUT2D eigenvalue weighted by molar-refractivity contribution is 7.99. The van der Waals surface area contributed by atoms with Crippen molar-refractivity contribution in [2.24, 2.45) is 10.9 Å². The third-order valence-electron chi connectivity index (χ3n) is 2.93. The van der Waals surface area contributed by atoms with Gasteiger partial charge in [0.2, 0.25) is 0 Å². The Bertz CT molecular complexity index is 402. The number of thioether (sulfide) groups is 1. The molecule has 3 N–H and O–H groups in total. The van der Waals surface area contributed by atoms with Gasteiger partial charge in [-0.25, -0.2) is 4.98 Å². The Labute approximate surface area is 105 Å². The van der Waals surface area contributed by atoms with Gasteiger partial charge in [0.15, 0.2) is 5.84 Å². The molecule has 0 spiro atoms. The molecule has 1 aliphatic carbocycles. The van der Waals surface area contributed by atoms with Crippen LogP contribution in [0.25, 0.3) is 0 Å². The molecule has 0 radical (unpaired) electrons. The summed E-state index contributed by atoms with van der Waals surface area (Å²) in [5, 5.41) is 13.2. The molecule has 92 valence electrons. The number of oxime groups is 1. The summed E-state index contributed by atoms with van der Waals surface area (Å²) in [5.41, 5.74) is 6.06. The number of nitrogens with two attached hydrogens (primary N) is 1. The fourth-order valence-corrected chi connectivity index (χ4v) is 3.25. The SMILES string of the molecule is NC(=NO)c1cccc(SC2CCCCC2)n1. The Hall–Kier alpha value is -1.23. The van der Waals surface area contributed by atoms with Crippen LogP contribution in [0.15, 0.2) is 28.4 Å². The van der Waals surface area contributed by atoms with Crippen LogP contribution in [-0.2, 0) is 0 Å². The first-order chi connectivity index (χ1) is 8.29. The van der Waals surface area contributed by atoms with E-state index in [4.69, 9.17) is 10.9 Å². The molecule has 1 heterocycles. The molecule has 17 heavy (non-hydrogen) atoms. The van der Waals surface area contributed by atoms with Gasteiger partial charge in [-0.3, -0.25) is 0 Å². The molecule has 0 amide bonds. The number of pyridine rings is 1. The summed E-state index contributed by atoms with van der Waals surface area (Å²) in [6.45, 7) is 0. The molecule has 1 aromatic rings. The van der Waals surface area contributed by atoms with Crippen molar-refractivity contribution in [1.29, 1.82) is 0 Å². The second kappa shape index (κ2) is 5.91. The van der Waals surface area contributed by atoms with Gasteiger partial charge in [-0.05, 0) is 25.0 Å². The van der Waals surface area contributed by atoms with Crippen molar-refractivity contribution < 1.29 is 5.21 Å². The largest absolute Gasteiger partial charge is 0.409 e. The molecule has 0 bridgehead atoms. The molecule has 4 nitrogen and oxygen atoms in total. The molecule has 2 rings (SSSR count). The van der Waals surface area contributed by atoms with Crippen molar-refractivity contribution in [2.45, 2.75) is 42.4 Å². The maximum atomic E-state index is 8.62. The Balaban J connectivity index is 2.05. The van der Waals surface area contributed by atoms with Gasteiger partial charge < -0.3 is 10.9 Å². The van der Waals surface area contributed by atoms with Gasteiger partial charge in [0.1, 0.15) is 5.69 Å². The Morgan fingerprint density at radius 2 is 2.12 bits per heavy atom. The molecular formula is C12H17N3OS. The Kier molecular flexibility index (Phi) is 4.25. The van der Waals surface area contributed by atoms with E-state index in [9.17, 15) is 0 Å². The summed E-state index contributed by atoms with van der Waals surface area (Å²) < 4.78 is 0. The smallest absolute Gasteiger partial charge is 0.188 e. The second-order valence-corrected chi connectivity index (χ2v) is 5.54. The predicted octanol–water partition coefficient (Wildman–Crippen LogP) is 2.60. The van der Waals surface area contributed by atoms with E-state index in [1.807, 2.05) is 12.1 Å². The molecule has 0 atom stereocenters. The highest BCUT2D eigenvalue weighted by Crippen LogP contribution is 2.32. The summed E-state index contributed by atoms with van der Waals surface area (Å²) in [5.74, 6) is 0.0658. The van der Waals surface area contributed by atoms with E-state index >= 15 is 0 Å². The third kappa shape index (κ3) is 3.36. The number of amidine groups is 1. The van der Waals surface area contributed by atoms with E-state index in [-0.39, 0.29) is 5.84 Å². The van der Waals surface area contributed by atoms with Gasteiger partial charge in [0, 0.05) is 5.25 Å². The summed E-state index contributed by atoms with van der Waals surface area (Å²) in [6, 6.07) is 5.62. The molecule has 0 saturated heterocycles. The van der Waals surface area contributed by atoms with E-state index in [2.05, 4.69) is 10.1 Å². The van der Waals surface area contributed by atoms with Crippen LogP contribution in [0, 0.1) is 0 Å². The zero-order valence-electron chi connectivity index (χ0n) is 9.67. The van der Waals surface area contributed by atoms with Crippen LogP contribution in [0.4, 0.5) is 0 Å². The average Bonchev–Trinajstić information content (AvgIpc) is 2.39. The first-order valence-corrected chi connectivity index (χ1v) is 6.79. The summed E-state index contributed by atoms with van der Waals surface area (Å²) in [7, 11) is 0. The van der Waals surface area contributed by atoms with E-state index in [1.165, 1.54) is 32.1 Å². The normalized spacial score (nSPS) is 18.2. The van der Waals surface area contributed by atoms with Gasteiger partial charge in [-0.15, -0.1) is 11.8 Å². The van der Waals surface area contributed by atoms with Crippen LogP contribution in [0.5, 0.6) is 0 Å². The van der Waals surface area contributed by atoms with Crippen LogP contribution in [0.2, 0.25) is 0 Å². The van der Waals surface area contributed by atoms with E-state index in [0.717, 1.165) is 5.03 Å². The van der Waals surface area contributed by atoms with Gasteiger partial charge in [-0.1, -0.05) is 30.5 Å². The van der Waals surface area contributed by atoms with Crippen molar-refractivity contribution in [3.63, 3.8) is 0 Å².